The van der Waals surface area contributed by atoms with Gasteiger partial charge < -0.3 is 9.30 Å². The highest BCUT2D eigenvalue weighted by Gasteiger charge is 2.14. The van der Waals surface area contributed by atoms with E-state index in [0.717, 1.165) is 15.5 Å². The number of fused-ring (bicyclic) bond motifs is 1. The summed E-state index contributed by atoms with van der Waals surface area (Å²) in [6.07, 6.45) is -2.06. The summed E-state index contributed by atoms with van der Waals surface area (Å²) in [5.74, 6) is -2.53. The molecule has 0 amide bonds. The van der Waals surface area contributed by atoms with E-state index in [0.29, 0.717) is 0 Å². The number of H-pyrrole nitrogens is 1. The van der Waals surface area contributed by atoms with Crippen LogP contribution < -0.4 is 11.2 Å². The fourth-order valence-corrected chi connectivity index (χ4v) is 1.79. The summed E-state index contributed by atoms with van der Waals surface area (Å²) in [6, 6.07) is 0. The molecule has 2 heterocycles. The zero-order valence-electron chi connectivity index (χ0n) is 11.8. The Kier molecular flexibility index (Phi) is 4.67. The summed E-state index contributed by atoms with van der Waals surface area (Å²) in [6.45, 7) is -1.01. The molecule has 0 unspecified atom stereocenters. The van der Waals surface area contributed by atoms with Crippen molar-refractivity contribution in [2.45, 2.75) is 13.0 Å². The minimum atomic E-state index is -2.46. The predicted octanol–water partition coefficient (Wildman–Crippen LogP) is 0.434. The van der Waals surface area contributed by atoms with Crippen molar-refractivity contribution in [1.82, 2.24) is 19.1 Å². The van der Waals surface area contributed by atoms with E-state index in [9.17, 15) is 27.6 Å². The van der Waals surface area contributed by atoms with Crippen LogP contribution in [0.3, 0.4) is 0 Å². The molecule has 0 spiro atoms. The van der Waals surface area contributed by atoms with Gasteiger partial charge in [0, 0.05) is 13.5 Å². The second-order valence-electron chi connectivity index (χ2n) is 4.50. The number of carbonyl (C=O) groups excluding carboxylic acids is 1. The maximum absolute atomic E-state index is 12.5. The first-order valence-corrected chi connectivity index (χ1v) is 6.30. The number of aromatic nitrogens is 4. The van der Waals surface area contributed by atoms with Crippen LogP contribution >= 0.6 is 0 Å². The number of nitrogens with one attached hydrogen (secondary N) is 1. The lowest BCUT2D eigenvalue weighted by atomic mass is 10.4. The first kappa shape index (κ1) is 16.5. The van der Waals surface area contributed by atoms with Crippen LogP contribution in [0.25, 0.3) is 11.2 Å². The van der Waals surface area contributed by atoms with E-state index in [1.54, 1.807) is 0 Å². The third-order valence-corrected chi connectivity index (χ3v) is 2.96. The molecule has 0 saturated heterocycles. The van der Waals surface area contributed by atoms with Gasteiger partial charge in [-0.3, -0.25) is 19.1 Å². The van der Waals surface area contributed by atoms with Gasteiger partial charge in [0.15, 0.2) is 17.0 Å². The van der Waals surface area contributed by atoms with Crippen molar-refractivity contribution in [3.05, 3.63) is 39.1 Å². The van der Waals surface area contributed by atoms with Crippen molar-refractivity contribution < 1.29 is 22.7 Å². The van der Waals surface area contributed by atoms with Crippen molar-refractivity contribution in [3.63, 3.8) is 0 Å². The van der Waals surface area contributed by atoms with Gasteiger partial charge in [0.05, 0.1) is 12.9 Å². The SMILES string of the molecule is Cn1c(=O)[nH]c2ncn(CC(=O)OCCC(F)=C(F)F)c2c1=O. The van der Waals surface area contributed by atoms with Gasteiger partial charge >= 0.3 is 17.7 Å². The van der Waals surface area contributed by atoms with Crippen LogP contribution in [0.2, 0.25) is 0 Å². The van der Waals surface area contributed by atoms with Gasteiger partial charge in [0.2, 0.25) is 0 Å². The maximum atomic E-state index is 12.5. The third-order valence-electron chi connectivity index (χ3n) is 2.96. The maximum Gasteiger partial charge on any atom is 0.329 e. The molecule has 0 atom stereocenters. The smallest absolute Gasteiger partial charge is 0.329 e. The Labute approximate surface area is 125 Å². The Balaban J connectivity index is 2.12. The second kappa shape index (κ2) is 6.50. The van der Waals surface area contributed by atoms with E-state index >= 15 is 0 Å². The molecule has 0 aliphatic carbocycles. The minimum Gasteiger partial charge on any atom is -0.464 e. The number of rotatable bonds is 5. The molecule has 11 heteroatoms. The number of halogens is 3. The lowest BCUT2D eigenvalue weighted by Gasteiger charge is -2.05. The molecule has 0 aliphatic rings. The lowest BCUT2D eigenvalue weighted by molar-refractivity contribution is -0.144. The molecule has 2 aromatic rings. The van der Waals surface area contributed by atoms with Gasteiger partial charge in [-0.1, -0.05) is 0 Å². The molecule has 2 aromatic heterocycles. The van der Waals surface area contributed by atoms with Crippen LogP contribution in [-0.2, 0) is 23.1 Å². The Morgan fingerprint density at radius 2 is 2.04 bits per heavy atom. The number of hydrogen-bond acceptors (Lipinski definition) is 5. The van der Waals surface area contributed by atoms with Crippen molar-refractivity contribution in [3.8, 4) is 0 Å². The van der Waals surface area contributed by atoms with E-state index in [1.165, 1.54) is 7.05 Å². The van der Waals surface area contributed by atoms with Crippen LogP contribution in [0, 0.1) is 0 Å². The van der Waals surface area contributed by atoms with E-state index in [2.05, 4.69) is 14.7 Å². The number of esters is 1. The monoisotopic (exact) mass is 332 g/mol. The molecule has 0 saturated carbocycles. The lowest BCUT2D eigenvalue weighted by Crippen LogP contribution is -2.33. The van der Waals surface area contributed by atoms with Crippen molar-refractivity contribution >= 4 is 17.1 Å². The number of hydrogen-bond donors (Lipinski definition) is 1. The Bertz CT molecular complexity index is 892. The van der Waals surface area contributed by atoms with Crippen LogP contribution in [0.15, 0.2) is 27.8 Å². The fourth-order valence-electron chi connectivity index (χ4n) is 1.79. The van der Waals surface area contributed by atoms with Crippen LogP contribution in [0.4, 0.5) is 13.2 Å². The van der Waals surface area contributed by atoms with Gasteiger partial charge in [-0.2, -0.15) is 8.78 Å². The molecule has 0 bridgehead atoms. The molecular formula is C12H11F3N4O4. The van der Waals surface area contributed by atoms with Gasteiger partial charge in [-0.15, -0.1) is 0 Å². The number of carbonyl (C=O) groups is 1. The molecule has 0 radical (unpaired) electrons. The largest absolute Gasteiger partial charge is 0.464 e. The van der Waals surface area contributed by atoms with E-state index in [1.807, 2.05) is 0 Å². The summed E-state index contributed by atoms with van der Waals surface area (Å²) in [4.78, 5) is 41.1. The highest BCUT2D eigenvalue weighted by atomic mass is 19.3. The summed E-state index contributed by atoms with van der Waals surface area (Å²) in [5.41, 5.74) is -1.35. The summed E-state index contributed by atoms with van der Waals surface area (Å²) in [5, 5.41) is 0. The fraction of sp³-hybridized carbons (Fsp3) is 0.333. The molecule has 2 rings (SSSR count). The predicted molar refractivity (Wildman–Crippen MR) is 71.5 cm³/mol. The average Bonchev–Trinajstić information content (AvgIpc) is 2.87. The molecule has 0 aromatic carbocycles. The van der Waals surface area contributed by atoms with Gasteiger partial charge in [-0.05, 0) is 0 Å². The quantitative estimate of drug-likeness (QED) is 0.801. The van der Waals surface area contributed by atoms with Crippen LogP contribution in [0.1, 0.15) is 6.42 Å². The number of aromatic amines is 1. The van der Waals surface area contributed by atoms with E-state index in [4.69, 9.17) is 0 Å². The van der Waals surface area contributed by atoms with Crippen LogP contribution in [-0.4, -0.2) is 31.7 Å². The first-order valence-electron chi connectivity index (χ1n) is 6.30. The summed E-state index contributed by atoms with van der Waals surface area (Å²) in [7, 11) is 1.25. The molecule has 0 aliphatic heterocycles. The zero-order valence-corrected chi connectivity index (χ0v) is 11.8. The summed E-state index contributed by atoms with van der Waals surface area (Å²) >= 11 is 0. The van der Waals surface area contributed by atoms with Crippen molar-refractivity contribution in [2.75, 3.05) is 6.61 Å². The standard InChI is InChI=1S/C12H11F3N4O4/c1-18-11(21)8-10(17-12(18)22)16-5-19(8)4-7(20)23-3-2-6(13)9(14)15/h5H,2-4H2,1H3,(H,17,22). The van der Waals surface area contributed by atoms with Gasteiger partial charge in [-0.25, -0.2) is 14.2 Å². The van der Waals surface area contributed by atoms with E-state index < -0.39 is 48.7 Å². The molecule has 1 N–H and O–H groups in total. The van der Waals surface area contributed by atoms with Gasteiger partial charge in [0.1, 0.15) is 6.54 Å². The first-order chi connectivity index (χ1) is 10.8. The van der Waals surface area contributed by atoms with Crippen LogP contribution in [0.5, 0.6) is 0 Å². The number of nitrogens with zero attached hydrogens (tertiary/aromatic N) is 3. The Morgan fingerprint density at radius 3 is 2.70 bits per heavy atom. The topological polar surface area (TPSA) is 99.0 Å². The molecule has 23 heavy (non-hydrogen) atoms. The molecule has 8 nitrogen and oxygen atoms in total. The Morgan fingerprint density at radius 1 is 1.35 bits per heavy atom. The average molecular weight is 332 g/mol. The molecule has 124 valence electrons. The summed E-state index contributed by atoms with van der Waals surface area (Å²) < 4.78 is 42.7. The highest BCUT2D eigenvalue weighted by Crippen LogP contribution is 2.12. The van der Waals surface area contributed by atoms with E-state index in [-0.39, 0.29) is 11.2 Å². The van der Waals surface area contributed by atoms with Gasteiger partial charge in [0.25, 0.3) is 5.56 Å². The zero-order chi connectivity index (χ0) is 17.1. The van der Waals surface area contributed by atoms with Crippen molar-refractivity contribution in [1.29, 1.82) is 0 Å². The number of imidazole rings is 1. The number of ether oxygens (including phenoxy) is 1. The molecule has 0 fully saturated rings. The molecular weight excluding hydrogens is 321 g/mol. The Hall–Kier alpha value is -2.85. The minimum absolute atomic E-state index is 0.000576. The highest BCUT2D eigenvalue weighted by molar-refractivity contribution is 5.74. The normalized spacial score (nSPS) is 10.8. The van der Waals surface area contributed by atoms with Crippen molar-refractivity contribution in [2.24, 2.45) is 7.05 Å². The third kappa shape index (κ3) is 3.49. The second-order valence-corrected chi connectivity index (χ2v) is 4.50.